The van der Waals surface area contributed by atoms with Crippen LogP contribution in [0.4, 0.5) is 11.4 Å². The normalized spacial score (nSPS) is 9.42. The molecule has 4 N–H and O–H groups in total. The summed E-state index contributed by atoms with van der Waals surface area (Å²) >= 11 is 0. The first-order valence-electron chi connectivity index (χ1n) is 5.91. The van der Waals surface area contributed by atoms with E-state index in [4.69, 9.17) is 5.73 Å². The second kappa shape index (κ2) is 8.50. The molecule has 2 amide bonds. The molecule has 0 aliphatic rings. The van der Waals surface area contributed by atoms with E-state index in [-0.39, 0.29) is 24.2 Å². The fourth-order valence-electron chi connectivity index (χ4n) is 1.54. The van der Waals surface area contributed by atoms with E-state index in [0.717, 1.165) is 5.56 Å². The van der Waals surface area contributed by atoms with E-state index in [2.05, 4.69) is 10.6 Å². The van der Waals surface area contributed by atoms with Crippen LogP contribution >= 0.6 is 12.4 Å². The van der Waals surface area contributed by atoms with Crippen molar-refractivity contribution in [3.8, 4) is 0 Å². The minimum atomic E-state index is -0.170. The van der Waals surface area contributed by atoms with Gasteiger partial charge in [0.15, 0.2) is 0 Å². The fourth-order valence-corrected chi connectivity index (χ4v) is 1.54. The van der Waals surface area contributed by atoms with Crippen molar-refractivity contribution in [3.05, 3.63) is 23.8 Å². The maximum atomic E-state index is 11.6. The first kappa shape index (κ1) is 17.4. The van der Waals surface area contributed by atoms with Gasteiger partial charge >= 0.3 is 0 Å². The number of nitrogens with one attached hydrogen (secondary N) is 2. The molecule has 0 fully saturated rings. The van der Waals surface area contributed by atoms with Gasteiger partial charge in [-0.2, -0.15) is 0 Å². The van der Waals surface area contributed by atoms with Crippen LogP contribution in [0.5, 0.6) is 0 Å². The van der Waals surface area contributed by atoms with Gasteiger partial charge in [-0.3, -0.25) is 9.59 Å². The van der Waals surface area contributed by atoms with Crippen LogP contribution in [-0.4, -0.2) is 18.4 Å². The minimum Gasteiger partial charge on any atom is -0.330 e. The number of amides is 2. The van der Waals surface area contributed by atoms with Crippen LogP contribution in [0.25, 0.3) is 0 Å². The van der Waals surface area contributed by atoms with Crippen LogP contribution in [0.3, 0.4) is 0 Å². The van der Waals surface area contributed by atoms with Gasteiger partial charge in [-0.05, 0) is 37.6 Å². The molecular weight excluding hydrogens is 266 g/mol. The predicted molar refractivity (Wildman–Crippen MR) is 79.6 cm³/mol. The number of benzene rings is 1. The molecular formula is C13H20ClN3O2. The fraction of sp³-hybridized carbons (Fsp3) is 0.385. The number of nitrogens with two attached hydrogens (primary N) is 1. The molecule has 0 saturated heterocycles. The first-order chi connectivity index (χ1) is 8.52. The van der Waals surface area contributed by atoms with E-state index in [1.54, 1.807) is 6.07 Å². The monoisotopic (exact) mass is 285 g/mol. The summed E-state index contributed by atoms with van der Waals surface area (Å²) in [5.41, 5.74) is 7.59. The summed E-state index contributed by atoms with van der Waals surface area (Å²) in [6, 6.07) is 5.47. The number of rotatable bonds is 5. The third-order valence-electron chi connectivity index (χ3n) is 2.37. The zero-order chi connectivity index (χ0) is 13.5. The Labute approximate surface area is 119 Å². The van der Waals surface area contributed by atoms with E-state index in [1.165, 1.54) is 6.92 Å². The highest BCUT2D eigenvalue weighted by Gasteiger charge is 2.08. The van der Waals surface area contributed by atoms with Gasteiger partial charge in [0, 0.05) is 13.3 Å². The highest BCUT2D eigenvalue weighted by molar-refractivity contribution is 5.98. The number of halogens is 1. The molecule has 6 heteroatoms. The molecule has 0 aromatic heterocycles. The third kappa shape index (κ3) is 6.22. The summed E-state index contributed by atoms with van der Waals surface area (Å²) in [5.74, 6) is -0.269. The van der Waals surface area contributed by atoms with Gasteiger partial charge in [0.2, 0.25) is 11.8 Å². The highest BCUT2D eigenvalue weighted by atomic mass is 35.5. The Morgan fingerprint density at radius 3 is 2.47 bits per heavy atom. The second-order valence-electron chi connectivity index (χ2n) is 4.17. The van der Waals surface area contributed by atoms with E-state index < -0.39 is 0 Å². The smallest absolute Gasteiger partial charge is 0.224 e. The number of anilines is 2. The maximum absolute atomic E-state index is 11.6. The molecule has 0 atom stereocenters. The summed E-state index contributed by atoms with van der Waals surface area (Å²) in [7, 11) is 0. The Bertz CT molecular complexity index is 450. The Hall–Kier alpha value is -1.59. The van der Waals surface area contributed by atoms with Gasteiger partial charge in [0.1, 0.15) is 0 Å². The summed E-state index contributed by atoms with van der Waals surface area (Å²) < 4.78 is 0. The zero-order valence-corrected chi connectivity index (χ0v) is 12.0. The van der Waals surface area contributed by atoms with Crippen molar-refractivity contribution in [2.75, 3.05) is 17.2 Å². The molecule has 0 aliphatic carbocycles. The molecule has 1 aromatic rings. The van der Waals surface area contributed by atoms with Gasteiger partial charge in [-0.15, -0.1) is 12.4 Å². The van der Waals surface area contributed by atoms with Crippen LogP contribution < -0.4 is 16.4 Å². The Balaban J connectivity index is 0.00000324. The first-order valence-corrected chi connectivity index (χ1v) is 5.91. The molecule has 0 radical (unpaired) electrons. The Kier molecular flexibility index (Phi) is 7.79. The summed E-state index contributed by atoms with van der Waals surface area (Å²) in [6.07, 6.45) is 1.02. The van der Waals surface area contributed by atoms with Crippen molar-refractivity contribution in [1.29, 1.82) is 0 Å². The maximum Gasteiger partial charge on any atom is 0.224 e. The van der Waals surface area contributed by atoms with E-state index in [1.807, 2.05) is 19.1 Å². The molecule has 5 nitrogen and oxygen atoms in total. The van der Waals surface area contributed by atoms with Crippen LogP contribution in [0.15, 0.2) is 18.2 Å². The molecule has 0 aliphatic heterocycles. The van der Waals surface area contributed by atoms with Crippen molar-refractivity contribution < 1.29 is 9.59 Å². The average molecular weight is 286 g/mol. The molecule has 1 aromatic carbocycles. The lowest BCUT2D eigenvalue weighted by Crippen LogP contribution is -2.16. The van der Waals surface area contributed by atoms with Crippen molar-refractivity contribution in [1.82, 2.24) is 0 Å². The Morgan fingerprint density at radius 1 is 1.21 bits per heavy atom. The van der Waals surface area contributed by atoms with Crippen molar-refractivity contribution >= 4 is 35.6 Å². The molecule has 1 rings (SSSR count). The lowest BCUT2D eigenvalue weighted by atomic mass is 10.1. The molecule has 0 bridgehead atoms. The molecule has 106 valence electrons. The van der Waals surface area contributed by atoms with Gasteiger partial charge < -0.3 is 16.4 Å². The molecule has 0 saturated carbocycles. The van der Waals surface area contributed by atoms with Crippen molar-refractivity contribution in [2.45, 2.75) is 26.7 Å². The predicted octanol–water partition coefficient (Wildman–Crippen LogP) is 2.05. The summed E-state index contributed by atoms with van der Waals surface area (Å²) in [6.45, 7) is 3.84. The number of aryl methyl sites for hydroxylation is 1. The van der Waals surface area contributed by atoms with Gasteiger partial charge in [0.05, 0.1) is 11.4 Å². The SMILES string of the molecule is CC(=O)Nc1ccc(C)cc1NC(=O)CCCN.Cl. The van der Waals surface area contributed by atoms with E-state index in [0.29, 0.717) is 30.8 Å². The summed E-state index contributed by atoms with van der Waals surface area (Å²) in [4.78, 5) is 22.7. The highest BCUT2D eigenvalue weighted by Crippen LogP contribution is 2.23. The second-order valence-corrected chi connectivity index (χ2v) is 4.17. The quantitative estimate of drug-likeness (QED) is 0.774. The lowest BCUT2D eigenvalue weighted by molar-refractivity contribution is -0.116. The van der Waals surface area contributed by atoms with Gasteiger partial charge in [0.25, 0.3) is 0 Å². The van der Waals surface area contributed by atoms with E-state index >= 15 is 0 Å². The number of hydrogen-bond acceptors (Lipinski definition) is 3. The largest absolute Gasteiger partial charge is 0.330 e. The van der Waals surface area contributed by atoms with Crippen LogP contribution in [0, 0.1) is 6.92 Å². The topological polar surface area (TPSA) is 84.2 Å². The lowest BCUT2D eigenvalue weighted by Gasteiger charge is -2.12. The molecule has 0 spiro atoms. The minimum absolute atomic E-state index is 0. The van der Waals surface area contributed by atoms with Crippen LogP contribution in [0.2, 0.25) is 0 Å². The zero-order valence-electron chi connectivity index (χ0n) is 11.2. The number of carbonyl (C=O) groups is 2. The van der Waals surface area contributed by atoms with Crippen molar-refractivity contribution in [3.63, 3.8) is 0 Å². The third-order valence-corrected chi connectivity index (χ3v) is 2.37. The van der Waals surface area contributed by atoms with E-state index in [9.17, 15) is 9.59 Å². The average Bonchev–Trinajstić information content (AvgIpc) is 2.29. The molecule has 0 unspecified atom stereocenters. The molecule has 19 heavy (non-hydrogen) atoms. The number of hydrogen-bond donors (Lipinski definition) is 3. The Morgan fingerprint density at radius 2 is 1.89 bits per heavy atom. The van der Waals surface area contributed by atoms with Gasteiger partial charge in [-0.25, -0.2) is 0 Å². The standard InChI is InChI=1S/C13H19N3O2.ClH/c1-9-5-6-11(15-10(2)17)12(8-9)16-13(18)4-3-7-14;/h5-6,8H,3-4,7,14H2,1-2H3,(H,15,17)(H,16,18);1H. The molecule has 0 heterocycles. The summed E-state index contributed by atoms with van der Waals surface area (Å²) in [5, 5.41) is 5.47. The van der Waals surface area contributed by atoms with Crippen LogP contribution in [0.1, 0.15) is 25.3 Å². The van der Waals surface area contributed by atoms with Gasteiger partial charge in [-0.1, -0.05) is 6.07 Å². The number of carbonyl (C=O) groups excluding carboxylic acids is 2. The van der Waals surface area contributed by atoms with Crippen molar-refractivity contribution in [2.24, 2.45) is 5.73 Å². The van der Waals surface area contributed by atoms with Crippen LogP contribution in [-0.2, 0) is 9.59 Å².